The van der Waals surface area contributed by atoms with Crippen LogP contribution in [0.1, 0.15) is 18.4 Å². The third-order valence-electron chi connectivity index (χ3n) is 5.21. The largest absolute Gasteiger partial charge is 0.417 e. The van der Waals surface area contributed by atoms with E-state index in [1.54, 1.807) is 29.2 Å². The maximum absolute atomic E-state index is 13.0. The highest BCUT2D eigenvalue weighted by molar-refractivity contribution is 6.39. The molecule has 31 heavy (non-hydrogen) atoms. The molecule has 166 valence electrons. The molecular formula is C21H24FN3O6. The number of anilines is 1. The number of hydrogen-bond donors (Lipinski definition) is 2. The van der Waals surface area contributed by atoms with E-state index in [1.165, 1.54) is 18.2 Å². The summed E-state index contributed by atoms with van der Waals surface area (Å²) in [7, 11) is 0. The molecule has 2 heterocycles. The van der Waals surface area contributed by atoms with Gasteiger partial charge in [0.1, 0.15) is 5.82 Å². The predicted octanol–water partition coefficient (Wildman–Crippen LogP) is 1.03. The predicted molar refractivity (Wildman–Crippen MR) is 112 cm³/mol. The fourth-order valence-electron chi connectivity index (χ4n) is 3.65. The Kier molecular flexibility index (Phi) is 7.67. The van der Waals surface area contributed by atoms with E-state index in [0.29, 0.717) is 35.8 Å². The molecule has 1 aromatic heterocycles. The highest BCUT2D eigenvalue weighted by atomic mass is 19.1. The smallest absolute Gasteiger partial charge is 0.412 e. The van der Waals surface area contributed by atoms with E-state index in [2.05, 4.69) is 10.3 Å². The van der Waals surface area contributed by atoms with Gasteiger partial charge < -0.3 is 25.6 Å². The summed E-state index contributed by atoms with van der Waals surface area (Å²) in [5.74, 6) is -1.74. The second kappa shape index (κ2) is 10.0. The van der Waals surface area contributed by atoms with Crippen molar-refractivity contribution in [2.45, 2.75) is 19.3 Å². The van der Waals surface area contributed by atoms with Crippen LogP contribution in [0.25, 0.3) is 11.1 Å². The molecule has 0 bridgehead atoms. The molecular weight excluding hydrogens is 409 g/mol. The lowest BCUT2D eigenvalue weighted by atomic mass is 9.90. The summed E-state index contributed by atoms with van der Waals surface area (Å²) in [4.78, 5) is 40.0. The lowest BCUT2D eigenvalue weighted by Crippen LogP contribution is -2.44. The normalized spacial score (nSPS) is 13.9. The Labute approximate surface area is 176 Å². The number of carbonyl (C=O) groups is 2. The van der Waals surface area contributed by atoms with Crippen LogP contribution in [0.2, 0.25) is 0 Å². The first-order valence-corrected chi connectivity index (χ1v) is 9.45. The zero-order valence-electron chi connectivity index (χ0n) is 16.6. The van der Waals surface area contributed by atoms with Crippen LogP contribution < -0.4 is 11.1 Å². The molecule has 1 aliphatic heterocycles. The van der Waals surface area contributed by atoms with Crippen molar-refractivity contribution in [3.8, 4) is 0 Å². The van der Waals surface area contributed by atoms with Crippen LogP contribution >= 0.6 is 0 Å². The summed E-state index contributed by atoms with van der Waals surface area (Å²) < 4.78 is 18.0. The number of H-pyrrole nitrogens is 1. The molecule has 9 nitrogen and oxygen atoms in total. The molecule has 3 aromatic rings. The van der Waals surface area contributed by atoms with E-state index in [9.17, 15) is 18.8 Å². The average molecular weight is 433 g/mol. The van der Waals surface area contributed by atoms with Gasteiger partial charge in [0.05, 0.1) is 5.52 Å². The lowest BCUT2D eigenvalue weighted by Gasteiger charge is -2.31. The topological polar surface area (TPSA) is 158 Å². The molecule has 2 amide bonds. The van der Waals surface area contributed by atoms with Crippen molar-refractivity contribution in [2.75, 3.05) is 18.4 Å². The number of amides is 2. The van der Waals surface area contributed by atoms with Crippen molar-refractivity contribution in [3.05, 3.63) is 64.4 Å². The van der Waals surface area contributed by atoms with Gasteiger partial charge in [0.2, 0.25) is 0 Å². The Morgan fingerprint density at radius 3 is 2.45 bits per heavy atom. The standard InChI is InChI=1S/C21H20FN3O4.2H2O/c22-15-3-1-13(2-4-15)11-14-7-9-25(10-8-14)20(27)19(26)23-16-5-6-17-18(12-16)29-21(28)24-17;;/h1-6,12,14H,7-11H2,(H,23,26)(H,24,28);2*1H2. The van der Waals surface area contributed by atoms with Gasteiger partial charge in [0, 0.05) is 24.8 Å². The van der Waals surface area contributed by atoms with E-state index in [1.807, 2.05) is 0 Å². The van der Waals surface area contributed by atoms with Gasteiger partial charge in [-0.25, -0.2) is 9.18 Å². The second-order valence-corrected chi connectivity index (χ2v) is 7.25. The molecule has 0 saturated carbocycles. The maximum Gasteiger partial charge on any atom is 0.417 e. The van der Waals surface area contributed by atoms with Crippen molar-refractivity contribution < 1.29 is 29.3 Å². The van der Waals surface area contributed by atoms with Gasteiger partial charge in [-0.05, 0) is 55.0 Å². The van der Waals surface area contributed by atoms with Crippen molar-refractivity contribution in [2.24, 2.45) is 5.92 Å². The van der Waals surface area contributed by atoms with Crippen LogP contribution in [-0.2, 0) is 16.0 Å². The number of aromatic amines is 1. The number of benzene rings is 2. The minimum atomic E-state index is -0.723. The summed E-state index contributed by atoms with van der Waals surface area (Å²) in [6.07, 6.45) is 2.41. The Morgan fingerprint density at radius 2 is 1.77 bits per heavy atom. The maximum atomic E-state index is 13.0. The molecule has 0 spiro atoms. The number of hydrogen-bond acceptors (Lipinski definition) is 4. The highest BCUT2D eigenvalue weighted by Gasteiger charge is 2.27. The van der Waals surface area contributed by atoms with E-state index in [4.69, 9.17) is 4.42 Å². The molecule has 1 aliphatic rings. The summed E-state index contributed by atoms with van der Waals surface area (Å²) in [6.45, 7) is 1.01. The van der Waals surface area contributed by atoms with Gasteiger partial charge >= 0.3 is 17.6 Å². The first-order valence-electron chi connectivity index (χ1n) is 9.45. The number of likely N-dealkylation sites (tertiary alicyclic amines) is 1. The monoisotopic (exact) mass is 433 g/mol. The van der Waals surface area contributed by atoms with Gasteiger partial charge in [-0.1, -0.05) is 12.1 Å². The van der Waals surface area contributed by atoms with Crippen LogP contribution in [0.5, 0.6) is 0 Å². The van der Waals surface area contributed by atoms with Crippen molar-refractivity contribution in [3.63, 3.8) is 0 Å². The lowest BCUT2D eigenvalue weighted by molar-refractivity contribution is -0.144. The Morgan fingerprint density at radius 1 is 1.10 bits per heavy atom. The zero-order valence-corrected chi connectivity index (χ0v) is 16.6. The first kappa shape index (κ1) is 23.8. The molecule has 1 fully saturated rings. The minimum absolute atomic E-state index is 0. The Balaban J connectivity index is 0.00000171. The number of carbonyl (C=O) groups excluding carboxylic acids is 2. The molecule has 0 unspecified atom stereocenters. The van der Waals surface area contributed by atoms with Crippen molar-refractivity contribution in [1.29, 1.82) is 0 Å². The molecule has 4 rings (SSSR count). The molecule has 0 aliphatic carbocycles. The minimum Gasteiger partial charge on any atom is -0.412 e. The van der Waals surface area contributed by atoms with Gasteiger partial charge in [0.25, 0.3) is 0 Å². The fourth-order valence-corrected chi connectivity index (χ4v) is 3.65. The number of oxazole rings is 1. The van der Waals surface area contributed by atoms with Crippen LogP contribution in [0.3, 0.4) is 0 Å². The van der Waals surface area contributed by atoms with Gasteiger partial charge in [-0.3, -0.25) is 14.6 Å². The van der Waals surface area contributed by atoms with Crippen molar-refractivity contribution >= 4 is 28.6 Å². The number of rotatable bonds is 3. The molecule has 1 saturated heterocycles. The van der Waals surface area contributed by atoms with E-state index >= 15 is 0 Å². The summed E-state index contributed by atoms with van der Waals surface area (Å²) in [5.41, 5.74) is 2.27. The number of nitrogens with one attached hydrogen (secondary N) is 2. The zero-order chi connectivity index (χ0) is 20.4. The van der Waals surface area contributed by atoms with Crippen LogP contribution in [0.15, 0.2) is 51.7 Å². The van der Waals surface area contributed by atoms with Gasteiger partial charge in [-0.15, -0.1) is 0 Å². The van der Waals surface area contributed by atoms with Gasteiger partial charge in [0.15, 0.2) is 5.58 Å². The van der Waals surface area contributed by atoms with Crippen LogP contribution in [-0.4, -0.2) is 45.7 Å². The van der Waals surface area contributed by atoms with Crippen molar-refractivity contribution in [1.82, 2.24) is 9.88 Å². The quantitative estimate of drug-likeness (QED) is 0.591. The highest BCUT2D eigenvalue weighted by Crippen LogP contribution is 2.22. The SMILES string of the molecule is O.O.O=C(Nc1ccc2[nH]c(=O)oc2c1)C(=O)N1CCC(Cc2ccc(F)cc2)CC1. The van der Waals surface area contributed by atoms with E-state index in [0.717, 1.165) is 24.8 Å². The summed E-state index contributed by atoms with van der Waals surface area (Å²) >= 11 is 0. The third-order valence-corrected chi connectivity index (χ3v) is 5.21. The molecule has 0 atom stereocenters. The second-order valence-electron chi connectivity index (χ2n) is 7.25. The Hall–Kier alpha value is -3.50. The third kappa shape index (κ3) is 5.56. The summed E-state index contributed by atoms with van der Waals surface area (Å²) in [6, 6.07) is 11.2. The number of fused-ring (bicyclic) bond motifs is 1. The first-order chi connectivity index (χ1) is 14.0. The average Bonchev–Trinajstić information content (AvgIpc) is 3.09. The molecule has 0 radical (unpaired) electrons. The van der Waals surface area contributed by atoms with Crippen LogP contribution in [0, 0.1) is 11.7 Å². The molecule has 10 heteroatoms. The molecule has 2 aromatic carbocycles. The summed E-state index contributed by atoms with van der Waals surface area (Å²) in [5, 5.41) is 2.56. The number of aromatic nitrogens is 1. The van der Waals surface area contributed by atoms with E-state index in [-0.39, 0.29) is 16.8 Å². The number of piperidine rings is 1. The van der Waals surface area contributed by atoms with Gasteiger partial charge in [-0.2, -0.15) is 0 Å². The van der Waals surface area contributed by atoms with Crippen LogP contribution in [0.4, 0.5) is 10.1 Å². The molecule has 6 N–H and O–H groups in total. The van der Waals surface area contributed by atoms with E-state index < -0.39 is 17.6 Å². The fraction of sp³-hybridized carbons (Fsp3) is 0.286. The number of halogens is 1. The number of nitrogens with zero attached hydrogens (tertiary/aromatic N) is 1. The Bertz CT molecular complexity index is 1100.